The van der Waals surface area contributed by atoms with E-state index < -0.39 is 0 Å². The van der Waals surface area contributed by atoms with Gasteiger partial charge in [0.1, 0.15) is 5.75 Å². The number of benzene rings is 2. The molecule has 0 spiro atoms. The maximum Gasteiger partial charge on any atom is 0.119 e. The molecule has 2 aromatic rings. The molecule has 0 amide bonds. The van der Waals surface area contributed by atoms with E-state index in [-0.39, 0.29) is 5.38 Å². The van der Waals surface area contributed by atoms with Crippen LogP contribution in [0.15, 0.2) is 42.5 Å². The van der Waals surface area contributed by atoms with E-state index in [1.165, 1.54) is 0 Å². The van der Waals surface area contributed by atoms with Gasteiger partial charge in [0.2, 0.25) is 0 Å². The van der Waals surface area contributed by atoms with Crippen LogP contribution in [0, 0.1) is 6.92 Å². The van der Waals surface area contributed by atoms with Crippen LogP contribution in [0.2, 0.25) is 5.02 Å². The second kappa shape index (κ2) is 6.31. The second-order valence-electron chi connectivity index (χ2n) is 4.39. The molecule has 0 saturated heterocycles. The van der Waals surface area contributed by atoms with Crippen molar-refractivity contribution in [3.05, 3.63) is 64.2 Å². The van der Waals surface area contributed by atoms with Crippen LogP contribution in [-0.4, -0.2) is 6.61 Å². The molecule has 0 radical (unpaired) electrons. The fraction of sp³-hybridized carbons (Fsp3) is 0.250. The van der Waals surface area contributed by atoms with E-state index in [2.05, 4.69) is 0 Å². The van der Waals surface area contributed by atoms with Crippen LogP contribution < -0.4 is 4.74 Å². The van der Waals surface area contributed by atoms with Crippen molar-refractivity contribution in [2.75, 3.05) is 6.61 Å². The Balaban J connectivity index is 2.25. The number of aryl methyl sites for hydroxylation is 1. The second-order valence-corrected chi connectivity index (χ2v) is 5.23. The van der Waals surface area contributed by atoms with Gasteiger partial charge in [-0.1, -0.05) is 35.9 Å². The van der Waals surface area contributed by atoms with E-state index in [9.17, 15) is 0 Å². The Hall–Kier alpha value is -1.18. The largest absolute Gasteiger partial charge is 0.494 e. The summed E-state index contributed by atoms with van der Waals surface area (Å²) in [4.78, 5) is 0. The fourth-order valence-corrected chi connectivity index (χ4v) is 2.65. The maximum absolute atomic E-state index is 6.49. The smallest absolute Gasteiger partial charge is 0.119 e. The molecule has 0 N–H and O–H groups in total. The fourth-order valence-electron chi connectivity index (χ4n) is 1.92. The molecule has 100 valence electrons. The summed E-state index contributed by atoms with van der Waals surface area (Å²) in [6.45, 7) is 4.63. The van der Waals surface area contributed by atoms with E-state index in [1.54, 1.807) is 0 Å². The molecular weight excluding hydrogens is 279 g/mol. The zero-order chi connectivity index (χ0) is 13.8. The van der Waals surface area contributed by atoms with Crippen molar-refractivity contribution in [3.8, 4) is 5.75 Å². The third kappa shape index (κ3) is 3.43. The molecule has 0 aliphatic rings. The standard InChI is InChI=1S/C16H16Cl2O/c1-3-19-13-7-5-12(6-8-13)16(18)14-9-4-11(2)10-15(14)17/h4-10,16H,3H2,1-2H3. The number of hydrogen-bond acceptors (Lipinski definition) is 1. The highest BCUT2D eigenvalue weighted by molar-refractivity contribution is 6.33. The lowest BCUT2D eigenvalue weighted by molar-refractivity contribution is 0.340. The van der Waals surface area contributed by atoms with Gasteiger partial charge in [-0.05, 0) is 48.7 Å². The minimum Gasteiger partial charge on any atom is -0.494 e. The lowest BCUT2D eigenvalue weighted by Gasteiger charge is -2.13. The summed E-state index contributed by atoms with van der Waals surface area (Å²) < 4.78 is 5.42. The molecule has 2 rings (SSSR count). The van der Waals surface area contributed by atoms with Crippen LogP contribution in [-0.2, 0) is 0 Å². The van der Waals surface area contributed by atoms with Gasteiger partial charge in [-0.15, -0.1) is 11.6 Å². The highest BCUT2D eigenvalue weighted by Gasteiger charge is 2.14. The predicted octanol–water partition coefficient (Wildman–Crippen LogP) is 5.38. The third-order valence-electron chi connectivity index (χ3n) is 2.91. The average molecular weight is 295 g/mol. The number of rotatable bonds is 4. The van der Waals surface area contributed by atoms with Crippen molar-refractivity contribution in [3.63, 3.8) is 0 Å². The molecular formula is C16H16Cl2O. The Morgan fingerprint density at radius 2 is 1.79 bits per heavy atom. The van der Waals surface area contributed by atoms with Crippen molar-refractivity contribution in [2.45, 2.75) is 19.2 Å². The SMILES string of the molecule is CCOc1ccc(C(Cl)c2ccc(C)cc2Cl)cc1. The minimum absolute atomic E-state index is 0.247. The summed E-state index contributed by atoms with van der Waals surface area (Å²) in [6, 6.07) is 13.7. The van der Waals surface area contributed by atoms with Crippen LogP contribution >= 0.6 is 23.2 Å². The van der Waals surface area contributed by atoms with E-state index in [0.717, 1.165) is 22.4 Å². The summed E-state index contributed by atoms with van der Waals surface area (Å²) in [7, 11) is 0. The van der Waals surface area contributed by atoms with E-state index in [0.29, 0.717) is 11.6 Å². The Bertz CT molecular complexity index is 549. The Morgan fingerprint density at radius 3 is 2.37 bits per heavy atom. The van der Waals surface area contributed by atoms with Gasteiger partial charge in [-0.25, -0.2) is 0 Å². The van der Waals surface area contributed by atoms with Crippen molar-refractivity contribution in [2.24, 2.45) is 0 Å². The van der Waals surface area contributed by atoms with E-state index in [4.69, 9.17) is 27.9 Å². The van der Waals surface area contributed by atoms with Gasteiger partial charge in [0.25, 0.3) is 0 Å². The summed E-state index contributed by atoms with van der Waals surface area (Å²) in [6.07, 6.45) is 0. The maximum atomic E-state index is 6.49. The van der Waals surface area contributed by atoms with Crippen LogP contribution in [0.5, 0.6) is 5.75 Å². The third-order valence-corrected chi connectivity index (χ3v) is 3.73. The Labute approximate surface area is 124 Å². The van der Waals surface area contributed by atoms with Gasteiger partial charge in [0, 0.05) is 5.02 Å². The van der Waals surface area contributed by atoms with Crippen LogP contribution in [0.4, 0.5) is 0 Å². The molecule has 0 saturated carbocycles. The monoisotopic (exact) mass is 294 g/mol. The zero-order valence-corrected chi connectivity index (χ0v) is 12.5. The van der Waals surface area contributed by atoms with Gasteiger partial charge >= 0.3 is 0 Å². The first-order valence-electron chi connectivity index (χ1n) is 6.24. The molecule has 1 nitrogen and oxygen atoms in total. The first-order chi connectivity index (χ1) is 9.11. The molecule has 19 heavy (non-hydrogen) atoms. The normalized spacial score (nSPS) is 12.2. The number of halogens is 2. The minimum atomic E-state index is -0.247. The van der Waals surface area contributed by atoms with Crippen molar-refractivity contribution in [1.82, 2.24) is 0 Å². The molecule has 0 aliphatic heterocycles. The summed E-state index contributed by atoms with van der Waals surface area (Å²) in [5.41, 5.74) is 3.07. The van der Waals surface area contributed by atoms with Crippen molar-refractivity contribution >= 4 is 23.2 Å². The highest BCUT2D eigenvalue weighted by Crippen LogP contribution is 2.34. The number of hydrogen-bond donors (Lipinski definition) is 0. The van der Waals surface area contributed by atoms with E-state index in [1.807, 2.05) is 56.3 Å². The number of alkyl halides is 1. The average Bonchev–Trinajstić information content (AvgIpc) is 2.39. The highest BCUT2D eigenvalue weighted by atomic mass is 35.5. The molecule has 1 unspecified atom stereocenters. The molecule has 3 heteroatoms. The molecule has 0 fully saturated rings. The summed E-state index contributed by atoms with van der Waals surface area (Å²) in [5, 5.41) is 0.456. The topological polar surface area (TPSA) is 9.23 Å². The van der Waals surface area contributed by atoms with Crippen LogP contribution in [0.1, 0.15) is 29.0 Å². The molecule has 0 heterocycles. The summed E-state index contributed by atoms with van der Waals surface area (Å²) >= 11 is 12.7. The molecule has 1 atom stereocenters. The van der Waals surface area contributed by atoms with Gasteiger partial charge in [0.05, 0.1) is 12.0 Å². The van der Waals surface area contributed by atoms with E-state index >= 15 is 0 Å². The predicted molar refractivity (Wildman–Crippen MR) is 81.5 cm³/mol. The Kier molecular flexibility index (Phi) is 4.73. The molecule has 0 aromatic heterocycles. The van der Waals surface area contributed by atoms with Gasteiger partial charge in [0.15, 0.2) is 0 Å². The van der Waals surface area contributed by atoms with Gasteiger partial charge in [-0.2, -0.15) is 0 Å². The van der Waals surface area contributed by atoms with Crippen molar-refractivity contribution < 1.29 is 4.74 Å². The van der Waals surface area contributed by atoms with Gasteiger partial charge in [-0.3, -0.25) is 0 Å². The molecule has 0 aliphatic carbocycles. The number of ether oxygens (including phenoxy) is 1. The molecule has 2 aromatic carbocycles. The molecule has 0 bridgehead atoms. The first-order valence-corrected chi connectivity index (χ1v) is 7.06. The van der Waals surface area contributed by atoms with Crippen LogP contribution in [0.3, 0.4) is 0 Å². The zero-order valence-electron chi connectivity index (χ0n) is 11.0. The van der Waals surface area contributed by atoms with Crippen LogP contribution in [0.25, 0.3) is 0 Å². The first kappa shape index (κ1) is 14.2. The quantitative estimate of drug-likeness (QED) is 0.688. The Morgan fingerprint density at radius 1 is 1.11 bits per heavy atom. The van der Waals surface area contributed by atoms with Gasteiger partial charge < -0.3 is 4.74 Å². The lowest BCUT2D eigenvalue weighted by Crippen LogP contribution is -1.96. The van der Waals surface area contributed by atoms with Crippen molar-refractivity contribution in [1.29, 1.82) is 0 Å². The summed E-state index contributed by atoms with van der Waals surface area (Å²) in [5.74, 6) is 0.852. The lowest BCUT2D eigenvalue weighted by atomic mass is 10.0.